The van der Waals surface area contributed by atoms with Gasteiger partial charge in [0, 0.05) is 5.02 Å². The number of aliphatic hydroxyl groups is 1. The summed E-state index contributed by atoms with van der Waals surface area (Å²) in [5.41, 5.74) is 0.913. The maximum Gasteiger partial charge on any atom is 0.158 e. The third kappa shape index (κ3) is 3.93. The van der Waals surface area contributed by atoms with Gasteiger partial charge in [-0.1, -0.05) is 36.7 Å². The van der Waals surface area contributed by atoms with Gasteiger partial charge in [-0.3, -0.25) is 0 Å². The van der Waals surface area contributed by atoms with Gasteiger partial charge in [0.2, 0.25) is 0 Å². The summed E-state index contributed by atoms with van der Waals surface area (Å²) in [5.74, 6) is 0. The summed E-state index contributed by atoms with van der Waals surface area (Å²) in [6, 6.07) is 7.54. The largest absolute Gasteiger partial charge is 0.391 e. The van der Waals surface area contributed by atoms with Crippen LogP contribution in [0, 0.1) is 0 Å². The molecule has 1 aliphatic rings. The zero-order valence-electron chi connectivity index (χ0n) is 11.8. The van der Waals surface area contributed by atoms with Crippen LogP contribution in [0.3, 0.4) is 0 Å². The number of aliphatic hydroxyl groups excluding tert-OH is 1. The van der Waals surface area contributed by atoms with Crippen molar-refractivity contribution in [3.63, 3.8) is 0 Å². The molecule has 0 radical (unpaired) electrons. The van der Waals surface area contributed by atoms with E-state index in [9.17, 15) is 5.11 Å². The monoisotopic (exact) mass is 300 g/mol. The molecule has 0 amide bonds. The van der Waals surface area contributed by atoms with Crippen molar-refractivity contribution in [2.45, 2.75) is 51.5 Å². The SMILES string of the molecule is CC[C@H]1OC[C@@H](OCc2ccccc2Cl)[C@@H](C(C)O)O1. The smallest absolute Gasteiger partial charge is 0.158 e. The summed E-state index contributed by atoms with van der Waals surface area (Å²) in [5, 5.41) is 10.5. The molecule has 1 aliphatic heterocycles. The van der Waals surface area contributed by atoms with Crippen LogP contribution in [-0.4, -0.2) is 36.3 Å². The van der Waals surface area contributed by atoms with Crippen LogP contribution in [0.5, 0.6) is 0 Å². The van der Waals surface area contributed by atoms with E-state index >= 15 is 0 Å². The normalized spacial score (nSPS) is 28.3. The molecule has 1 fully saturated rings. The second-order valence-corrected chi connectivity index (χ2v) is 5.36. The summed E-state index contributed by atoms with van der Waals surface area (Å²) in [4.78, 5) is 0. The summed E-state index contributed by atoms with van der Waals surface area (Å²) in [6.07, 6.45) is -0.801. The summed E-state index contributed by atoms with van der Waals surface area (Å²) < 4.78 is 17.1. The highest BCUT2D eigenvalue weighted by atomic mass is 35.5. The minimum atomic E-state index is -0.607. The Labute approximate surface area is 124 Å². The van der Waals surface area contributed by atoms with Crippen LogP contribution in [0.4, 0.5) is 0 Å². The molecule has 1 aromatic rings. The lowest BCUT2D eigenvalue weighted by molar-refractivity contribution is -0.279. The van der Waals surface area contributed by atoms with E-state index in [1.807, 2.05) is 31.2 Å². The summed E-state index contributed by atoms with van der Waals surface area (Å²) in [7, 11) is 0. The molecular weight excluding hydrogens is 280 g/mol. The van der Waals surface area contributed by atoms with Crippen molar-refractivity contribution in [2.24, 2.45) is 0 Å². The third-order valence-electron chi connectivity index (χ3n) is 3.34. The Morgan fingerprint density at radius 2 is 2.20 bits per heavy atom. The van der Waals surface area contributed by atoms with Crippen molar-refractivity contribution in [1.29, 1.82) is 0 Å². The number of halogens is 1. The first kappa shape index (κ1) is 15.7. The molecule has 112 valence electrons. The quantitative estimate of drug-likeness (QED) is 0.908. The average Bonchev–Trinajstić information content (AvgIpc) is 2.46. The predicted octanol–water partition coefficient (Wildman–Crippen LogP) is 2.76. The van der Waals surface area contributed by atoms with Gasteiger partial charge >= 0.3 is 0 Å². The van der Waals surface area contributed by atoms with Gasteiger partial charge in [0.05, 0.1) is 19.3 Å². The van der Waals surface area contributed by atoms with Crippen molar-refractivity contribution in [3.05, 3.63) is 34.9 Å². The van der Waals surface area contributed by atoms with Gasteiger partial charge in [0.25, 0.3) is 0 Å². The van der Waals surface area contributed by atoms with E-state index in [2.05, 4.69) is 0 Å². The lowest BCUT2D eigenvalue weighted by atomic mass is 10.1. The fourth-order valence-corrected chi connectivity index (χ4v) is 2.38. The molecule has 1 saturated heterocycles. The van der Waals surface area contributed by atoms with Crippen LogP contribution < -0.4 is 0 Å². The number of ether oxygens (including phenoxy) is 3. The minimum absolute atomic E-state index is 0.269. The second-order valence-electron chi connectivity index (χ2n) is 4.95. The Balaban J connectivity index is 1.95. The molecular formula is C15H21ClO4. The number of benzene rings is 1. The van der Waals surface area contributed by atoms with Crippen molar-refractivity contribution in [3.8, 4) is 0 Å². The van der Waals surface area contributed by atoms with E-state index in [0.29, 0.717) is 18.2 Å². The van der Waals surface area contributed by atoms with Crippen LogP contribution in [0.25, 0.3) is 0 Å². The van der Waals surface area contributed by atoms with Gasteiger partial charge in [0.1, 0.15) is 12.2 Å². The molecule has 0 bridgehead atoms. The molecule has 1 heterocycles. The van der Waals surface area contributed by atoms with E-state index < -0.39 is 6.10 Å². The van der Waals surface area contributed by atoms with E-state index in [1.165, 1.54) is 0 Å². The predicted molar refractivity (Wildman–Crippen MR) is 76.6 cm³/mol. The Kier molecular flexibility index (Phi) is 5.81. The molecule has 20 heavy (non-hydrogen) atoms. The highest BCUT2D eigenvalue weighted by Crippen LogP contribution is 2.23. The van der Waals surface area contributed by atoms with Crippen molar-refractivity contribution < 1.29 is 19.3 Å². The van der Waals surface area contributed by atoms with Gasteiger partial charge in [-0.2, -0.15) is 0 Å². The maximum absolute atomic E-state index is 9.83. The minimum Gasteiger partial charge on any atom is -0.391 e. The molecule has 4 nitrogen and oxygen atoms in total. The van der Waals surface area contributed by atoms with Gasteiger partial charge in [-0.25, -0.2) is 0 Å². The Bertz CT molecular complexity index is 424. The van der Waals surface area contributed by atoms with Gasteiger partial charge in [-0.15, -0.1) is 0 Å². The van der Waals surface area contributed by atoms with E-state index in [1.54, 1.807) is 6.92 Å². The molecule has 0 spiro atoms. The van der Waals surface area contributed by atoms with Gasteiger partial charge in [0.15, 0.2) is 6.29 Å². The van der Waals surface area contributed by atoms with Gasteiger partial charge < -0.3 is 19.3 Å². The van der Waals surface area contributed by atoms with Gasteiger partial charge in [-0.05, 0) is 25.0 Å². The number of hydrogen-bond donors (Lipinski definition) is 1. The Morgan fingerprint density at radius 1 is 1.45 bits per heavy atom. The maximum atomic E-state index is 9.83. The fraction of sp³-hybridized carbons (Fsp3) is 0.600. The van der Waals surface area contributed by atoms with E-state index in [-0.39, 0.29) is 18.5 Å². The molecule has 0 saturated carbocycles. The molecule has 2 rings (SSSR count). The van der Waals surface area contributed by atoms with Crippen LogP contribution in [0.2, 0.25) is 5.02 Å². The molecule has 0 aromatic heterocycles. The molecule has 4 atom stereocenters. The fourth-order valence-electron chi connectivity index (χ4n) is 2.19. The van der Waals surface area contributed by atoms with Crippen LogP contribution >= 0.6 is 11.6 Å². The summed E-state index contributed by atoms with van der Waals surface area (Å²) >= 11 is 6.09. The molecule has 1 aromatic carbocycles. The third-order valence-corrected chi connectivity index (χ3v) is 3.71. The number of hydrogen-bond acceptors (Lipinski definition) is 4. The Hall–Kier alpha value is -0.650. The first-order chi connectivity index (χ1) is 9.61. The standard InChI is InChI=1S/C15H21ClO4/c1-3-14-19-9-13(15(20-14)10(2)17)18-8-11-6-4-5-7-12(11)16/h4-7,10,13-15,17H,3,8-9H2,1-2H3/t10?,13-,14+,15-/m1/s1. The number of rotatable bonds is 5. The second kappa shape index (κ2) is 7.38. The molecule has 0 aliphatic carbocycles. The lowest BCUT2D eigenvalue weighted by Gasteiger charge is -2.37. The lowest BCUT2D eigenvalue weighted by Crippen LogP contribution is -2.50. The first-order valence-corrected chi connectivity index (χ1v) is 7.29. The average molecular weight is 301 g/mol. The zero-order chi connectivity index (χ0) is 14.5. The molecule has 5 heteroatoms. The van der Waals surface area contributed by atoms with Crippen LogP contribution in [0.15, 0.2) is 24.3 Å². The summed E-state index contributed by atoms with van der Waals surface area (Å²) in [6.45, 7) is 4.47. The molecule has 1 unspecified atom stereocenters. The topological polar surface area (TPSA) is 47.9 Å². The van der Waals surface area contributed by atoms with Crippen LogP contribution in [0.1, 0.15) is 25.8 Å². The highest BCUT2D eigenvalue weighted by Gasteiger charge is 2.35. The van der Waals surface area contributed by atoms with Crippen molar-refractivity contribution in [1.82, 2.24) is 0 Å². The van der Waals surface area contributed by atoms with E-state index in [4.69, 9.17) is 25.8 Å². The first-order valence-electron chi connectivity index (χ1n) is 6.92. The van der Waals surface area contributed by atoms with Crippen LogP contribution in [-0.2, 0) is 20.8 Å². The van der Waals surface area contributed by atoms with E-state index in [0.717, 1.165) is 12.0 Å². The van der Waals surface area contributed by atoms with Crippen molar-refractivity contribution >= 4 is 11.6 Å². The Morgan fingerprint density at radius 3 is 2.85 bits per heavy atom. The molecule has 1 N–H and O–H groups in total. The van der Waals surface area contributed by atoms with Crippen molar-refractivity contribution in [2.75, 3.05) is 6.61 Å². The zero-order valence-corrected chi connectivity index (χ0v) is 12.5. The highest BCUT2D eigenvalue weighted by molar-refractivity contribution is 6.31.